The first kappa shape index (κ1) is 27.9. The minimum absolute atomic E-state index is 0.577. The summed E-state index contributed by atoms with van der Waals surface area (Å²) >= 11 is 0. The summed E-state index contributed by atoms with van der Waals surface area (Å²) in [6.07, 6.45) is 0. The van der Waals surface area contributed by atoms with Crippen LogP contribution < -0.4 is 4.74 Å². The van der Waals surface area contributed by atoms with Crippen molar-refractivity contribution < 1.29 is 4.74 Å². The third kappa shape index (κ3) is 4.51. The molecule has 1 aliphatic heterocycles. The molecule has 0 atom stereocenters. The highest BCUT2D eigenvalue weighted by Gasteiger charge is 2.45. The van der Waals surface area contributed by atoms with E-state index in [1.54, 1.807) is 0 Å². The highest BCUT2D eigenvalue weighted by Crippen LogP contribution is 2.55. The number of aromatic nitrogens is 2. The molecule has 0 saturated carbocycles. The average molecular weight is 615 g/mol. The molecule has 0 N–H and O–H groups in total. The van der Waals surface area contributed by atoms with Crippen LogP contribution in [0.5, 0.6) is 11.5 Å². The molecule has 0 amide bonds. The fourth-order valence-electron chi connectivity index (χ4n) is 7.26. The Kier molecular flexibility index (Phi) is 6.69. The molecule has 2 heterocycles. The predicted molar refractivity (Wildman–Crippen MR) is 194 cm³/mol. The Morgan fingerprint density at radius 2 is 0.938 bits per heavy atom. The second kappa shape index (κ2) is 11.5. The van der Waals surface area contributed by atoms with Crippen molar-refractivity contribution in [1.82, 2.24) is 9.97 Å². The lowest BCUT2D eigenvalue weighted by Crippen LogP contribution is -2.34. The van der Waals surface area contributed by atoms with E-state index in [9.17, 15) is 0 Å². The van der Waals surface area contributed by atoms with Crippen LogP contribution in [0.1, 0.15) is 22.3 Å². The molecule has 1 aromatic heterocycles. The van der Waals surface area contributed by atoms with E-state index >= 15 is 0 Å². The van der Waals surface area contributed by atoms with Crippen LogP contribution in [0.3, 0.4) is 0 Å². The van der Waals surface area contributed by atoms with Gasteiger partial charge in [0.05, 0.1) is 16.6 Å². The summed E-state index contributed by atoms with van der Waals surface area (Å²) in [6.45, 7) is 0. The second-order valence-electron chi connectivity index (χ2n) is 12.2. The largest absolute Gasteiger partial charge is 0.457 e. The van der Waals surface area contributed by atoms with Gasteiger partial charge in [0.25, 0.3) is 0 Å². The van der Waals surface area contributed by atoms with Crippen molar-refractivity contribution in [2.45, 2.75) is 5.41 Å². The molecule has 0 unspecified atom stereocenters. The summed E-state index contributed by atoms with van der Waals surface area (Å²) in [5, 5.41) is 1.04. The van der Waals surface area contributed by atoms with Crippen molar-refractivity contribution in [2.75, 3.05) is 0 Å². The molecular formula is C45H30N2O. The highest BCUT2D eigenvalue weighted by molar-refractivity contribution is 5.93. The maximum Gasteiger partial charge on any atom is 0.160 e. The third-order valence-corrected chi connectivity index (χ3v) is 9.41. The zero-order chi connectivity index (χ0) is 31.9. The quantitative estimate of drug-likeness (QED) is 0.193. The van der Waals surface area contributed by atoms with E-state index < -0.39 is 5.41 Å². The minimum Gasteiger partial charge on any atom is -0.457 e. The normalized spacial score (nSPS) is 12.9. The van der Waals surface area contributed by atoms with Crippen LogP contribution in [0, 0.1) is 0 Å². The second-order valence-corrected chi connectivity index (χ2v) is 12.2. The number of nitrogens with zero attached hydrogens (tertiary/aromatic N) is 2. The summed E-state index contributed by atoms with van der Waals surface area (Å²) in [5.41, 5.74) is 10.2. The van der Waals surface area contributed by atoms with Crippen molar-refractivity contribution in [1.29, 1.82) is 0 Å². The van der Waals surface area contributed by atoms with Gasteiger partial charge in [0.1, 0.15) is 11.5 Å². The molecule has 3 nitrogen and oxygen atoms in total. The summed E-state index contributed by atoms with van der Waals surface area (Å²) < 4.78 is 6.51. The molecule has 226 valence electrons. The van der Waals surface area contributed by atoms with Gasteiger partial charge in [0.2, 0.25) is 0 Å². The van der Waals surface area contributed by atoms with Crippen molar-refractivity contribution in [3.8, 4) is 45.3 Å². The van der Waals surface area contributed by atoms with Gasteiger partial charge in [-0.25, -0.2) is 9.97 Å². The van der Waals surface area contributed by atoms with Crippen molar-refractivity contribution in [3.05, 3.63) is 204 Å². The monoisotopic (exact) mass is 614 g/mol. The number of hydrogen-bond acceptors (Lipinski definition) is 3. The summed E-state index contributed by atoms with van der Waals surface area (Å²) in [5.74, 6) is 2.45. The zero-order valence-electron chi connectivity index (χ0n) is 26.1. The van der Waals surface area contributed by atoms with Gasteiger partial charge in [0, 0.05) is 27.6 Å². The topological polar surface area (TPSA) is 35.0 Å². The van der Waals surface area contributed by atoms with E-state index in [4.69, 9.17) is 14.7 Å². The Labute approximate surface area is 279 Å². The first-order chi connectivity index (χ1) is 23.8. The van der Waals surface area contributed by atoms with E-state index in [2.05, 4.69) is 152 Å². The molecule has 9 rings (SSSR count). The van der Waals surface area contributed by atoms with E-state index in [1.807, 2.05) is 30.3 Å². The molecular weight excluding hydrogens is 585 g/mol. The van der Waals surface area contributed by atoms with Crippen LogP contribution >= 0.6 is 0 Å². The molecule has 0 saturated heterocycles. The zero-order valence-corrected chi connectivity index (χ0v) is 26.1. The van der Waals surface area contributed by atoms with Gasteiger partial charge in [-0.2, -0.15) is 0 Å². The fraction of sp³-hybridized carbons (Fsp3) is 0.0222. The number of benzene rings is 7. The first-order valence-electron chi connectivity index (χ1n) is 16.2. The molecule has 0 aliphatic carbocycles. The number of ether oxygens (including phenoxy) is 1. The number of rotatable bonds is 5. The highest BCUT2D eigenvalue weighted by atomic mass is 16.5. The SMILES string of the molecule is c1ccc(-c2nc(-c3cccc(-c4cccc(C5(c6ccccc6)c6ccccc6Oc6ccccc65)c4)c3)nc3ccccc23)cc1. The summed E-state index contributed by atoms with van der Waals surface area (Å²) in [7, 11) is 0. The van der Waals surface area contributed by atoms with Crippen LogP contribution in [-0.2, 0) is 5.41 Å². The Hall–Kier alpha value is -6.32. The molecule has 1 aliphatic rings. The van der Waals surface area contributed by atoms with E-state index in [1.165, 1.54) is 11.1 Å². The van der Waals surface area contributed by atoms with Gasteiger partial charge in [-0.15, -0.1) is 0 Å². The lowest BCUT2D eigenvalue weighted by atomic mass is 9.63. The van der Waals surface area contributed by atoms with Gasteiger partial charge in [-0.3, -0.25) is 0 Å². The standard InChI is InChI=1S/C45H30N2O/c1-3-15-31(16-4-1)43-37-23-7-10-26-40(37)46-44(47-43)34-19-13-17-32(29-34)33-18-14-22-36(30-33)45(35-20-5-2-6-21-35)38-24-8-11-27-41(38)48-42-28-12-9-25-39(42)45/h1-30H. The van der Waals surface area contributed by atoms with E-state index in [0.717, 1.165) is 61.5 Å². The minimum atomic E-state index is -0.577. The van der Waals surface area contributed by atoms with Gasteiger partial charge in [0.15, 0.2) is 5.82 Å². The average Bonchev–Trinajstić information content (AvgIpc) is 3.17. The van der Waals surface area contributed by atoms with Crippen LogP contribution in [0.15, 0.2) is 182 Å². The molecule has 0 fully saturated rings. The third-order valence-electron chi connectivity index (χ3n) is 9.41. The Balaban J connectivity index is 1.22. The number of para-hydroxylation sites is 3. The molecule has 8 aromatic rings. The Morgan fingerprint density at radius 1 is 0.396 bits per heavy atom. The molecule has 3 heteroatoms. The van der Waals surface area contributed by atoms with Crippen molar-refractivity contribution >= 4 is 10.9 Å². The van der Waals surface area contributed by atoms with Crippen molar-refractivity contribution in [2.24, 2.45) is 0 Å². The van der Waals surface area contributed by atoms with E-state index in [-0.39, 0.29) is 0 Å². The molecule has 7 aromatic carbocycles. The number of hydrogen-bond donors (Lipinski definition) is 0. The number of fused-ring (bicyclic) bond motifs is 3. The van der Waals surface area contributed by atoms with Gasteiger partial charge in [-0.05, 0) is 52.6 Å². The van der Waals surface area contributed by atoms with Gasteiger partial charge in [-0.1, -0.05) is 152 Å². The molecule has 0 spiro atoms. The first-order valence-corrected chi connectivity index (χ1v) is 16.2. The molecule has 0 radical (unpaired) electrons. The lowest BCUT2D eigenvalue weighted by Gasteiger charge is -2.41. The van der Waals surface area contributed by atoms with Gasteiger partial charge < -0.3 is 4.74 Å². The van der Waals surface area contributed by atoms with Crippen molar-refractivity contribution in [3.63, 3.8) is 0 Å². The van der Waals surface area contributed by atoms with Crippen LogP contribution in [-0.4, -0.2) is 9.97 Å². The lowest BCUT2D eigenvalue weighted by molar-refractivity contribution is 0.434. The summed E-state index contributed by atoms with van der Waals surface area (Å²) in [6, 6.07) is 63.7. The van der Waals surface area contributed by atoms with Gasteiger partial charge >= 0.3 is 0 Å². The fourth-order valence-corrected chi connectivity index (χ4v) is 7.26. The maximum atomic E-state index is 6.51. The van der Waals surface area contributed by atoms with Crippen LogP contribution in [0.4, 0.5) is 0 Å². The molecule has 0 bridgehead atoms. The smallest absolute Gasteiger partial charge is 0.160 e. The van der Waals surface area contributed by atoms with E-state index in [0.29, 0.717) is 5.82 Å². The Bertz CT molecular complexity index is 2390. The maximum absolute atomic E-state index is 6.51. The molecule has 48 heavy (non-hydrogen) atoms. The van der Waals surface area contributed by atoms with Crippen LogP contribution in [0.2, 0.25) is 0 Å². The summed E-state index contributed by atoms with van der Waals surface area (Å²) in [4.78, 5) is 10.2. The predicted octanol–water partition coefficient (Wildman–Crippen LogP) is 11.1. The van der Waals surface area contributed by atoms with Crippen LogP contribution in [0.25, 0.3) is 44.7 Å². The Morgan fingerprint density at radius 3 is 1.69 bits per heavy atom.